The second-order valence-electron chi connectivity index (χ2n) is 4.41. The summed E-state index contributed by atoms with van der Waals surface area (Å²) in [6.45, 7) is 0.721. The molecule has 0 heterocycles. The van der Waals surface area contributed by atoms with Crippen molar-refractivity contribution in [3.05, 3.63) is 68.8 Å². The molecule has 0 aromatic heterocycles. The summed E-state index contributed by atoms with van der Waals surface area (Å²) in [6.07, 6.45) is 0.333. The molecular weight excluding hydrogens is 351 g/mol. The fourth-order valence-corrected chi connectivity index (χ4v) is 2.65. The maximum atomic E-state index is 10.4. The van der Waals surface area contributed by atoms with Gasteiger partial charge in [-0.05, 0) is 51.8 Å². The normalized spacial score (nSPS) is 12.4. The molecule has 0 spiro atoms. The van der Waals surface area contributed by atoms with Crippen LogP contribution in [-0.2, 0) is 11.2 Å². The Bertz CT molecular complexity index is 523. The molecule has 0 aliphatic rings. The highest BCUT2D eigenvalue weighted by molar-refractivity contribution is 14.1. The largest absolute Gasteiger partial charge is 0.384 e. The maximum absolute atomic E-state index is 10.4. The van der Waals surface area contributed by atoms with Gasteiger partial charge in [0.1, 0.15) is 6.10 Å². The minimum absolute atomic E-state index is 0.565. The van der Waals surface area contributed by atoms with E-state index in [4.69, 9.17) is 4.74 Å². The lowest BCUT2D eigenvalue weighted by Crippen LogP contribution is -2.02. The summed E-state index contributed by atoms with van der Waals surface area (Å²) in [5, 5.41) is 10.4. The Morgan fingerprint density at radius 1 is 1.11 bits per heavy atom. The second-order valence-corrected chi connectivity index (χ2v) is 5.57. The number of rotatable bonds is 5. The zero-order valence-corrected chi connectivity index (χ0v) is 13.0. The van der Waals surface area contributed by atoms with Crippen LogP contribution in [0.5, 0.6) is 0 Å². The minimum atomic E-state index is -0.565. The van der Waals surface area contributed by atoms with Gasteiger partial charge >= 0.3 is 0 Å². The van der Waals surface area contributed by atoms with Crippen molar-refractivity contribution in [2.75, 3.05) is 13.7 Å². The summed E-state index contributed by atoms with van der Waals surface area (Å²) in [4.78, 5) is 0. The van der Waals surface area contributed by atoms with Crippen LogP contribution in [0.4, 0.5) is 0 Å². The molecule has 2 aromatic carbocycles. The third-order valence-electron chi connectivity index (χ3n) is 3.09. The lowest BCUT2D eigenvalue weighted by molar-refractivity contribution is 0.202. The predicted molar refractivity (Wildman–Crippen MR) is 85.2 cm³/mol. The lowest BCUT2D eigenvalue weighted by Gasteiger charge is -2.13. The molecule has 0 fully saturated rings. The Kier molecular flexibility index (Phi) is 5.36. The summed E-state index contributed by atoms with van der Waals surface area (Å²) < 4.78 is 6.14. The summed E-state index contributed by atoms with van der Waals surface area (Å²) >= 11 is 2.25. The molecule has 0 bridgehead atoms. The average molecular weight is 368 g/mol. The Morgan fingerprint density at radius 3 is 2.42 bits per heavy atom. The van der Waals surface area contributed by atoms with Crippen molar-refractivity contribution in [2.24, 2.45) is 0 Å². The maximum Gasteiger partial charge on any atom is 0.105 e. The first-order chi connectivity index (χ1) is 9.22. The molecule has 0 aliphatic heterocycles. The molecule has 2 rings (SSSR count). The quantitative estimate of drug-likeness (QED) is 0.818. The van der Waals surface area contributed by atoms with Crippen molar-refractivity contribution in [3.63, 3.8) is 0 Å². The molecule has 2 nitrogen and oxygen atoms in total. The van der Waals surface area contributed by atoms with Gasteiger partial charge in [0.2, 0.25) is 0 Å². The number of methoxy groups -OCH3 is 1. The molecule has 2 aromatic rings. The van der Waals surface area contributed by atoms with Crippen LogP contribution in [0.1, 0.15) is 22.8 Å². The second kappa shape index (κ2) is 7.03. The Labute approximate surface area is 127 Å². The van der Waals surface area contributed by atoms with E-state index in [-0.39, 0.29) is 0 Å². The van der Waals surface area contributed by atoms with Crippen LogP contribution in [0.25, 0.3) is 0 Å². The fourth-order valence-electron chi connectivity index (χ4n) is 1.96. The Hall–Kier alpha value is -0.910. The number of hydrogen-bond acceptors (Lipinski definition) is 2. The van der Waals surface area contributed by atoms with Crippen LogP contribution in [0, 0.1) is 3.57 Å². The van der Waals surface area contributed by atoms with E-state index in [1.165, 1.54) is 5.56 Å². The SMILES string of the molecule is COCCc1ccc(C(O)c2ccccc2I)cc1. The number of aliphatic hydroxyl groups is 1. The molecule has 0 amide bonds. The number of halogens is 1. The van der Waals surface area contributed by atoms with Crippen molar-refractivity contribution < 1.29 is 9.84 Å². The highest BCUT2D eigenvalue weighted by Crippen LogP contribution is 2.26. The van der Waals surface area contributed by atoms with Gasteiger partial charge in [-0.1, -0.05) is 42.5 Å². The monoisotopic (exact) mass is 368 g/mol. The van der Waals surface area contributed by atoms with E-state index in [0.29, 0.717) is 0 Å². The summed E-state index contributed by atoms with van der Waals surface area (Å²) in [7, 11) is 1.70. The molecule has 0 aliphatic carbocycles. The first kappa shape index (κ1) is 14.5. The molecule has 1 unspecified atom stereocenters. The van der Waals surface area contributed by atoms with Crippen LogP contribution in [0.3, 0.4) is 0 Å². The van der Waals surface area contributed by atoms with Crippen molar-refractivity contribution >= 4 is 22.6 Å². The van der Waals surface area contributed by atoms with E-state index in [0.717, 1.165) is 27.7 Å². The fraction of sp³-hybridized carbons (Fsp3) is 0.250. The molecule has 3 heteroatoms. The zero-order chi connectivity index (χ0) is 13.7. The predicted octanol–water partition coefficient (Wildman–Crippen LogP) is 3.56. The number of hydrogen-bond donors (Lipinski definition) is 1. The van der Waals surface area contributed by atoms with Crippen LogP contribution < -0.4 is 0 Å². The van der Waals surface area contributed by atoms with Crippen molar-refractivity contribution in [1.29, 1.82) is 0 Å². The summed E-state index contributed by atoms with van der Waals surface area (Å²) in [5.41, 5.74) is 3.10. The smallest absolute Gasteiger partial charge is 0.105 e. The van der Waals surface area contributed by atoms with Crippen molar-refractivity contribution in [1.82, 2.24) is 0 Å². The molecule has 0 saturated carbocycles. The van der Waals surface area contributed by atoms with Crippen LogP contribution in [0.15, 0.2) is 48.5 Å². The Morgan fingerprint density at radius 2 is 1.79 bits per heavy atom. The van der Waals surface area contributed by atoms with E-state index in [1.54, 1.807) is 7.11 Å². The van der Waals surface area contributed by atoms with Gasteiger partial charge in [0, 0.05) is 10.7 Å². The highest BCUT2D eigenvalue weighted by Gasteiger charge is 2.12. The zero-order valence-electron chi connectivity index (χ0n) is 10.8. The van der Waals surface area contributed by atoms with E-state index < -0.39 is 6.10 Å². The molecular formula is C16H17IO2. The highest BCUT2D eigenvalue weighted by atomic mass is 127. The third-order valence-corrected chi connectivity index (χ3v) is 4.07. The first-order valence-corrected chi connectivity index (χ1v) is 7.30. The van der Waals surface area contributed by atoms with E-state index >= 15 is 0 Å². The van der Waals surface area contributed by atoms with Crippen molar-refractivity contribution in [2.45, 2.75) is 12.5 Å². The van der Waals surface area contributed by atoms with Gasteiger partial charge in [0.25, 0.3) is 0 Å². The molecule has 1 N–H and O–H groups in total. The third kappa shape index (κ3) is 3.78. The molecule has 100 valence electrons. The van der Waals surface area contributed by atoms with Gasteiger partial charge in [-0.25, -0.2) is 0 Å². The van der Waals surface area contributed by atoms with Gasteiger partial charge in [0.15, 0.2) is 0 Å². The van der Waals surface area contributed by atoms with Crippen LogP contribution >= 0.6 is 22.6 Å². The minimum Gasteiger partial charge on any atom is -0.384 e. The average Bonchev–Trinajstić information content (AvgIpc) is 2.45. The molecule has 0 radical (unpaired) electrons. The molecule has 1 atom stereocenters. The van der Waals surface area contributed by atoms with Gasteiger partial charge < -0.3 is 9.84 Å². The topological polar surface area (TPSA) is 29.5 Å². The van der Waals surface area contributed by atoms with E-state index in [9.17, 15) is 5.11 Å². The van der Waals surface area contributed by atoms with Crippen LogP contribution in [0.2, 0.25) is 0 Å². The summed E-state index contributed by atoms with van der Waals surface area (Å²) in [6, 6.07) is 16.0. The van der Waals surface area contributed by atoms with Gasteiger partial charge in [-0.15, -0.1) is 0 Å². The first-order valence-electron chi connectivity index (χ1n) is 6.22. The van der Waals surface area contributed by atoms with Gasteiger partial charge in [-0.2, -0.15) is 0 Å². The Balaban J connectivity index is 2.16. The standard InChI is InChI=1S/C16H17IO2/c1-19-11-10-12-6-8-13(9-7-12)16(18)14-4-2-3-5-15(14)17/h2-9,16,18H,10-11H2,1H3. The number of benzene rings is 2. The number of ether oxygens (including phenoxy) is 1. The van der Waals surface area contributed by atoms with Gasteiger partial charge in [-0.3, -0.25) is 0 Å². The van der Waals surface area contributed by atoms with Crippen LogP contribution in [-0.4, -0.2) is 18.8 Å². The van der Waals surface area contributed by atoms with Crippen molar-refractivity contribution in [3.8, 4) is 0 Å². The molecule has 19 heavy (non-hydrogen) atoms. The number of aliphatic hydroxyl groups excluding tert-OH is 1. The van der Waals surface area contributed by atoms with Gasteiger partial charge in [0.05, 0.1) is 6.61 Å². The van der Waals surface area contributed by atoms with E-state index in [1.807, 2.05) is 48.5 Å². The lowest BCUT2D eigenvalue weighted by atomic mass is 10.00. The molecule has 0 saturated heterocycles. The van der Waals surface area contributed by atoms with E-state index in [2.05, 4.69) is 22.6 Å². The summed E-state index contributed by atoms with van der Waals surface area (Å²) in [5.74, 6) is 0.